The van der Waals surface area contributed by atoms with E-state index in [1.165, 1.54) is 11.3 Å². The SMILES string of the molecule is OC(Cc1nc2ccc(OCCF)cc2o1)c1cnc(N2CCOCC2)s1. The molecule has 1 aliphatic rings. The molecular weight excluding hydrogens is 373 g/mol. The van der Waals surface area contributed by atoms with Gasteiger partial charge in [0.05, 0.1) is 30.6 Å². The average molecular weight is 393 g/mol. The number of fused-ring (bicyclic) bond motifs is 1. The molecule has 0 bridgehead atoms. The molecule has 1 atom stereocenters. The van der Waals surface area contributed by atoms with E-state index >= 15 is 0 Å². The first-order valence-corrected chi connectivity index (χ1v) is 9.59. The fraction of sp³-hybridized carbons (Fsp3) is 0.444. The normalized spacial score (nSPS) is 16.0. The van der Waals surface area contributed by atoms with E-state index in [1.54, 1.807) is 24.4 Å². The molecule has 1 N–H and O–H groups in total. The number of nitrogens with zero attached hydrogens (tertiary/aromatic N) is 3. The smallest absolute Gasteiger partial charge is 0.198 e. The standard InChI is InChI=1S/C18H20FN3O4S/c19-3-6-25-12-1-2-13-15(9-12)26-17(21-13)10-14(23)16-11-20-18(27-16)22-4-7-24-8-5-22/h1-2,9,11,14,23H,3-8,10H2. The average Bonchev–Trinajstić information content (AvgIpc) is 3.33. The van der Waals surface area contributed by atoms with Gasteiger partial charge in [-0.2, -0.15) is 0 Å². The molecule has 0 amide bonds. The zero-order valence-corrected chi connectivity index (χ0v) is 15.5. The summed E-state index contributed by atoms with van der Waals surface area (Å²) >= 11 is 1.47. The number of alkyl halides is 1. The lowest BCUT2D eigenvalue weighted by Crippen LogP contribution is -2.36. The summed E-state index contributed by atoms with van der Waals surface area (Å²) in [7, 11) is 0. The van der Waals surface area contributed by atoms with E-state index in [0.717, 1.165) is 23.1 Å². The Bertz CT molecular complexity index is 894. The lowest BCUT2D eigenvalue weighted by atomic mass is 10.2. The summed E-state index contributed by atoms with van der Waals surface area (Å²) in [5.74, 6) is 0.961. The lowest BCUT2D eigenvalue weighted by molar-refractivity contribution is 0.122. The highest BCUT2D eigenvalue weighted by molar-refractivity contribution is 7.15. The van der Waals surface area contributed by atoms with Crippen LogP contribution in [-0.4, -0.2) is 54.7 Å². The number of anilines is 1. The Labute approximate surface area is 159 Å². The molecule has 1 saturated heterocycles. The van der Waals surface area contributed by atoms with Crippen molar-refractivity contribution in [2.45, 2.75) is 12.5 Å². The molecule has 27 heavy (non-hydrogen) atoms. The number of aliphatic hydroxyl groups is 1. The summed E-state index contributed by atoms with van der Waals surface area (Å²) in [5, 5.41) is 11.4. The number of aromatic nitrogens is 2. The van der Waals surface area contributed by atoms with E-state index in [-0.39, 0.29) is 13.0 Å². The third-order valence-corrected chi connectivity index (χ3v) is 5.40. The highest BCUT2D eigenvalue weighted by atomic mass is 32.1. The number of morpholine rings is 1. The van der Waals surface area contributed by atoms with E-state index in [0.29, 0.717) is 36.0 Å². The molecule has 1 unspecified atom stereocenters. The molecule has 3 aromatic rings. The minimum absolute atomic E-state index is 0.00205. The summed E-state index contributed by atoms with van der Waals surface area (Å²) in [5.41, 5.74) is 1.22. The maximum atomic E-state index is 12.2. The predicted octanol–water partition coefficient (Wildman–Crippen LogP) is 2.75. The second-order valence-electron chi connectivity index (χ2n) is 6.14. The van der Waals surface area contributed by atoms with Crippen LogP contribution in [0.5, 0.6) is 5.75 Å². The number of benzene rings is 1. The quantitative estimate of drug-likeness (QED) is 0.661. The molecule has 3 heterocycles. The molecule has 9 heteroatoms. The van der Waals surface area contributed by atoms with Gasteiger partial charge in [0.25, 0.3) is 0 Å². The van der Waals surface area contributed by atoms with Crippen molar-refractivity contribution >= 4 is 27.6 Å². The van der Waals surface area contributed by atoms with E-state index in [2.05, 4.69) is 14.9 Å². The first-order valence-electron chi connectivity index (χ1n) is 8.77. The van der Waals surface area contributed by atoms with Crippen LogP contribution in [0.3, 0.4) is 0 Å². The van der Waals surface area contributed by atoms with Crippen molar-refractivity contribution in [1.29, 1.82) is 0 Å². The zero-order valence-electron chi connectivity index (χ0n) is 14.6. The van der Waals surface area contributed by atoms with Crippen LogP contribution >= 0.6 is 11.3 Å². The highest BCUT2D eigenvalue weighted by Crippen LogP contribution is 2.30. The summed E-state index contributed by atoms with van der Waals surface area (Å²) < 4.78 is 28.5. The summed E-state index contributed by atoms with van der Waals surface area (Å²) in [6, 6.07) is 5.15. The molecule has 0 spiro atoms. The predicted molar refractivity (Wildman–Crippen MR) is 99.3 cm³/mol. The minimum atomic E-state index is -0.743. The van der Waals surface area contributed by atoms with Gasteiger partial charge in [-0.15, -0.1) is 0 Å². The third kappa shape index (κ3) is 4.20. The Balaban J connectivity index is 1.44. The van der Waals surface area contributed by atoms with Gasteiger partial charge < -0.3 is 23.9 Å². The lowest BCUT2D eigenvalue weighted by Gasteiger charge is -2.26. The largest absolute Gasteiger partial charge is 0.491 e. The summed E-state index contributed by atoms with van der Waals surface area (Å²) in [6.07, 6.45) is 1.21. The molecule has 1 aliphatic heterocycles. The number of rotatable bonds is 7. The van der Waals surface area contributed by atoms with Crippen molar-refractivity contribution in [2.75, 3.05) is 44.5 Å². The summed E-state index contributed by atoms with van der Waals surface area (Å²) in [4.78, 5) is 11.7. The van der Waals surface area contributed by atoms with Crippen molar-refractivity contribution in [3.05, 3.63) is 35.2 Å². The number of hydrogen-bond acceptors (Lipinski definition) is 8. The van der Waals surface area contributed by atoms with E-state index in [9.17, 15) is 9.50 Å². The van der Waals surface area contributed by atoms with Gasteiger partial charge in [-0.25, -0.2) is 14.4 Å². The van der Waals surface area contributed by atoms with Crippen molar-refractivity contribution in [3.63, 3.8) is 0 Å². The Morgan fingerprint density at radius 2 is 2.19 bits per heavy atom. The summed E-state index contributed by atoms with van der Waals surface area (Å²) in [6.45, 7) is 2.45. The van der Waals surface area contributed by atoms with Crippen LogP contribution in [0, 0.1) is 0 Å². The molecule has 4 rings (SSSR count). The number of hydrogen-bond donors (Lipinski definition) is 1. The first kappa shape index (κ1) is 18.1. The van der Waals surface area contributed by atoms with Gasteiger partial charge in [-0.3, -0.25) is 0 Å². The van der Waals surface area contributed by atoms with Gasteiger partial charge >= 0.3 is 0 Å². The number of halogens is 1. The van der Waals surface area contributed by atoms with E-state index in [4.69, 9.17) is 13.9 Å². The molecule has 7 nitrogen and oxygen atoms in total. The Morgan fingerprint density at radius 1 is 1.33 bits per heavy atom. The van der Waals surface area contributed by atoms with Gasteiger partial charge in [0.2, 0.25) is 0 Å². The van der Waals surface area contributed by atoms with Gasteiger partial charge in [0, 0.05) is 25.4 Å². The minimum Gasteiger partial charge on any atom is -0.491 e. The monoisotopic (exact) mass is 393 g/mol. The van der Waals surface area contributed by atoms with Crippen molar-refractivity contribution in [2.24, 2.45) is 0 Å². The third-order valence-electron chi connectivity index (χ3n) is 4.24. The maximum absolute atomic E-state index is 12.2. The molecular formula is C18H20FN3O4S. The Morgan fingerprint density at radius 3 is 3.00 bits per heavy atom. The number of thiazole rings is 1. The molecule has 1 aromatic carbocycles. The molecule has 0 saturated carbocycles. The van der Waals surface area contributed by atoms with Gasteiger partial charge in [-0.1, -0.05) is 11.3 Å². The van der Waals surface area contributed by atoms with Crippen LogP contribution < -0.4 is 9.64 Å². The molecule has 1 fully saturated rings. The Hall–Kier alpha value is -2.23. The highest BCUT2D eigenvalue weighted by Gasteiger charge is 2.20. The molecule has 2 aromatic heterocycles. The van der Waals surface area contributed by atoms with Gasteiger partial charge in [0.1, 0.15) is 24.5 Å². The van der Waals surface area contributed by atoms with Gasteiger partial charge in [0.15, 0.2) is 16.6 Å². The van der Waals surface area contributed by atoms with Crippen LogP contribution in [0.1, 0.15) is 16.9 Å². The van der Waals surface area contributed by atoms with E-state index < -0.39 is 12.8 Å². The molecule has 0 radical (unpaired) electrons. The van der Waals surface area contributed by atoms with E-state index in [1.807, 2.05) is 0 Å². The zero-order chi connectivity index (χ0) is 18.6. The second-order valence-corrected chi connectivity index (χ2v) is 7.18. The van der Waals surface area contributed by atoms with Crippen molar-refractivity contribution < 1.29 is 23.4 Å². The van der Waals surface area contributed by atoms with Gasteiger partial charge in [-0.05, 0) is 12.1 Å². The number of aliphatic hydroxyl groups excluding tert-OH is 1. The number of ether oxygens (including phenoxy) is 2. The Kier molecular flexibility index (Phi) is 5.51. The molecule has 144 valence electrons. The number of oxazole rings is 1. The van der Waals surface area contributed by atoms with Crippen LogP contribution in [0.2, 0.25) is 0 Å². The first-order chi connectivity index (χ1) is 13.2. The second kappa shape index (κ2) is 8.20. The molecule has 0 aliphatic carbocycles. The van der Waals surface area contributed by atoms with Crippen LogP contribution in [0.15, 0.2) is 28.8 Å². The fourth-order valence-electron chi connectivity index (χ4n) is 2.88. The maximum Gasteiger partial charge on any atom is 0.198 e. The van der Waals surface area contributed by atoms with Crippen LogP contribution in [0.25, 0.3) is 11.1 Å². The van der Waals surface area contributed by atoms with Crippen LogP contribution in [-0.2, 0) is 11.2 Å². The van der Waals surface area contributed by atoms with Crippen molar-refractivity contribution in [3.8, 4) is 5.75 Å². The van der Waals surface area contributed by atoms with Crippen molar-refractivity contribution in [1.82, 2.24) is 9.97 Å². The topological polar surface area (TPSA) is 80.9 Å². The van der Waals surface area contributed by atoms with Crippen LogP contribution in [0.4, 0.5) is 9.52 Å². The fourth-order valence-corrected chi connectivity index (χ4v) is 3.84.